The lowest BCUT2D eigenvalue weighted by molar-refractivity contribution is 0.163. The summed E-state index contributed by atoms with van der Waals surface area (Å²) in [5.74, 6) is 0.145. The third-order valence-electron chi connectivity index (χ3n) is 2.73. The van der Waals surface area contributed by atoms with Crippen molar-refractivity contribution in [1.29, 1.82) is 0 Å². The van der Waals surface area contributed by atoms with Gasteiger partial charge in [-0.15, -0.1) is 0 Å². The molecule has 0 unspecified atom stereocenters. The van der Waals surface area contributed by atoms with Gasteiger partial charge in [0.1, 0.15) is 0 Å². The lowest BCUT2D eigenvalue weighted by Gasteiger charge is -2.14. The first-order valence-electron chi connectivity index (χ1n) is 5.49. The minimum absolute atomic E-state index is 0.145. The van der Waals surface area contributed by atoms with Crippen molar-refractivity contribution >= 4 is 0 Å². The molecular formula is C12H19NO2. The Labute approximate surface area is 90.3 Å². The van der Waals surface area contributed by atoms with E-state index in [1.54, 1.807) is 0 Å². The van der Waals surface area contributed by atoms with E-state index < -0.39 is 0 Å². The van der Waals surface area contributed by atoms with Crippen molar-refractivity contribution in [3.8, 4) is 0 Å². The van der Waals surface area contributed by atoms with Crippen molar-refractivity contribution < 1.29 is 5.21 Å². The lowest BCUT2D eigenvalue weighted by atomic mass is 10.00. The van der Waals surface area contributed by atoms with E-state index in [0.29, 0.717) is 12.0 Å². The summed E-state index contributed by atoms with van der Waals surface area (Å²) in [6.07, 6.45) is 1.51. The molecule has 3 heteroatoms. The van der Waals surface area contributed by atoms with Crippen LogP contribution in [0.4, 0.5) is 0 Å². The maximum Gasteiger partial charge on any atom is 0.286 e. The van der Waals surface area contributed by atoms with Crippen molar-refractivity contribution in [2.45, 2.75) is 46.5 Å². The highest BCUT2D eigenvalue weighted by molar-refractivity contribution is 5.28. The molecule has 0 aromatic carbocycles. The molecule has 0 saturated heterocycles. The first-order chi connectivity index (χ1) is 7.02. The van der Waals surface area contributed by atoms with Gasteiger partial charge >= 0.3 is 0 Å². The zero-order chi connectivity index (χ0) is 11.6. The fourth-order valence-electron chi connectivity index (χ4n) is 1.81. The number of aryl methyl sites for hydroxylation is 1. The fourth-order valence-corrected chi connectivity index (χ4v) is 1.81. The number of hydrogen-bond acceptors (Lipinski definition) is 2. The van der Waals surface area contributed by atoms with Gasteiger partial charge in [0, 0.05) is 5.56 Å². The van der Waals surface area contributed by atoms with Gasteiger partial charge in [-0.3, -0.25) is 4.79 Å². The smallest absolute Gasteiger partial charge is 0.286 e. The molecule has 1 rings (SSSR count). The second kappa shape index (κ2) is 4.51. The molecule has 0 saturated carbocycles. The van der Waals surface area contributed by atoms with Crippen LogP contribution in [-0.2, 0) is 12.8 Å². The molecule has 0 amide bonds. The molecule has 3 nitrogen and oxygen atoms in total. The number of aromatic nitrogens is 1. The highest BCUT2D eigenvalue weighted by atomic mass is 16.5. The molecule has 1 aromatic heterocycles. The molecule has 0 aliphatic heterocycles. The summed E-state index contributed by atoms with van der Waals surface area (Å²) in [7, 11) is 0. The van der Waals surface area contributed by atoms with Gasteiger partial charge in [0.15, 0.2) is 0 Å². The number of nitrogens with zero attached hydrogens (tertiary/aromatic N) is 1. The standard InChI is InChI=1S/C12H19NO2/c1-5-9-7-10(8(3)4)12(14)13(15)11(9)6-2/h7-8,15H,5-6H2,1-4H3. The van der Waals surface area contributed by atoms with E-state index in [4.69, 9.17) is 0 Å². The third kappa shape index (κ3) is 2.06. The molecule has 1 aromatic rings. The Morgan fingerprint density at radius 1 is 1.33 bits per heavy atom. The molecule has 84 valence electrons. The summed E-state index contributed by atoms with van der Waals surface area (Å²) in [5, 5.41) is 9.74. The SMILES string of the molecule is CCc1cc(C(C)C)c(=O)n(O)c1CC. The second-order valence-electron chi connectivity index (χ2n) is 4.05. The van der Waals surface area contributed by atoms with Crippen LogP contribution in [0.5, 0.6) is 0 Å². The molecule has 0 aliphatic rings. The predicted octanol–water partition coefficient (Wildman–Crippen LogP) is 2.33. The summed E-state index contributed by atoms with van der Waals surface area (Å²) < 4.78 is 0.814. The first-order valence-corrected chi connectivity index (χ1v) is 5.49. The van der Waals surface area contributed by atoms with Gasteiger partial charge in [0.25, 0.3) is 5.56 Å². The molecule has 0 atom stereocenters. The van der Waals surface area contributed by atoms with Gasteiger partial charge in [-0.1, -0.05) is 27.7 Å². The molecule has 0 radical (unpaired) electrons. The Kier molecular flexibility index (Phi) is 3.56. The average molecular weight is 209 g/mol. The van der Waals surface area contributed by atoms with Crippen LogP contribution in [0.15, 0.2) is 10.9 Å². The van der Waals surface area contributed by atoms with Crippen LogP contribution >= 0.6 is 0 Å². The average Bonchev–Trinajstić information content (AvgIpc) is 2.21. The zero-order valence-electron chi connectivity index (χ0n) is 9.87. The number of rotatable bonds is 3. The minimum atomic E-state index is -0.279. The van der Waals surface area contributed by atoms with Crippen molar-refractivity contribution in [3.05, 3.63) is 33.2 Å². The monoisotopic (exact) mass is 209 g/mol. The highest BCUT2D eigenvalue weighted by Gasteiger charge is 2.13. The summed E-state index contributed by atoms with van der Waals surface area (Å²) in [6.45, 7) is 7.89. The summed E-state index contributed by atoms with van der Waals surface area (Å²) in [6, 6.07) is 1.93. The quantitative estimate of drug-likeness (QED) is 0.776. The van der Waals surface area contributed by atoms with Crippen LogP contribution < -0.4 is 5.56 Å². The normalized spacial score (nSPS) is 11.0. The molecule has 1 heterocycles. The van der Waals surface area contributed by atoms with Gasteiger partial charge < -0.3 is 5.21 Å². The predicted molar refractivity (Wildman–Crippen MR) is 60.7 cm³/mol. The van der Waals surface area contributed by atoms with E-state index in [0.717, 1.165) is 22.4 Å². The number of hydrogen-bond donors (Lipinski definition) is 1. The van der Waals surface area contributed by atoms with Crippen LogP contribution in [0.2, 0.25) is 0 Å². The van der Waals surface area contributed by atoms with E-state index in [-0.39, 0.29) is 11.5 Å². The Hall–Kier alpha value is -1.25. The van der Waals surface area contributed by atoms with Crippen LogP contribution in [0.1, 0.15) is 50.4 Å². The van der Waals surface area contributed by atoms with Gasteiger partial charge in [-0.2, -0.15) is 4.73 Å². The zero-order valence-corrected chi connectivity index (χ0v) is 9.87. The van der Waals surface area contributed by atoms with Gasteiger partial charge in [-0.05, 0) is 30.4 Å². The maximum atomic E-state index is 11.8. The van der Waals surface area contributed by atoms with Crippen LogP contribution in [-0.4, -0.2) is 9.94 Å². The molecule has 0 fully saturated rings. The largest absolute Gasteiger partial charge is 0.425 e. The highest BCUT2D eigenvalue weighted by Crippen LogP contribution is 2.15. The molecule has 0 aliphatic carbocycles. The van der Waals surface area contributed by atoms with Crippen molar-refractivity contribution in [1.82, 2.24) is 4.73 Å². The second-order valence-corrected chi connectivity index (χ2v) is 4.05. The number of pyridine rings is 1. The Morgan fingerprint density at radius 3 is 2.33 bits per heavy atom. The molecule has 15 heavy (non-hydrogen) atoms. The summed E-state index contributed by atoms with van der Waals surface area (Å²) in [5.41, 5.74) is 2.20. The van der Waals surface area contributed by atoms with E-state index in [9.17, 15) is 10.0 Å². The van der Waals surface area contributed by atoms with Crippen molar-refractivity contribution in [2.24, 2.45) is 0 Å². The van der Waals surface area contributed by atoms with E-state index in [1.165, 1.54) is 0 Å². The fraction of sp³-hybridized carbons (Fsp3) is 0.583. The maximum absolute atomic E-state index is 11.8. The Bertz CT molecular complexity index is 405. The van der Waals surface area contributed by atoms with Crippen LogP contribution in [0, 0.1) is 0 Å². The molecule has 0 spiro atoms. The van der Waals surface area contributed by atoms with Gasteiger partial charge in [-0.25, -0.2) is 0 Å². The third-order valence-corrected chi connectivity index (χ3v) is 2.73. The van der Waals surface area contributed by atoms with E-state index >= 15 is 0 Å². The van der Waals surface area contributed by atoms with Crippen LogP contribution in [0.25, 0.3) is 0 Å². The topological polar surface area (TPSA) is 42.2 Å². The van der Waals surface area contributed by atoms with Crippen LogP contribution in [0.3, 0.4) is 0 Å². The van der Waals surface area contributed by atoms with E-state index in [2.05, 4.69) is 0 Å². The molecule has 1 N–H and O–H groups in total. The molecular weight excluding hydrogens is 190 g/mol. The lowest BCUT2D eigenvalue weighted by Crippen LogP contribution is -2.26. The van der Waals surface area contributed by atoms with Gasteiger partial charge in [0.2, 0.25) is 0 Å². The minimum Gasteiger partial charge on any atom is -0.425 e. The van der Waals surface area contributed by atoms with Crippen molar-refractivity contribution in [2.75, 3.05) is 0 Å². The summed E-state index contributed by atoms with van der Waals surface area (Å²) in [4.78, 5) is 11.8. The summed E-state index contributed by atoms with van der Waals surface area (Å²) >= 11 is 0. The van der Waals surface area contributed by atoms with Gasteiger partial charge in [0.05, 0.1) is 5.69 Å². The first kappa shape index (κ1) is 11.8. The molecule has 0 bridgehead atoms. The van der Waals surface area contributed by atoms with Crippen molar-refractivity contribution in [3.63, 3.8) is 0 Å². The Balaban J connectivity index is 3.50. The van der Waals surface area contributed by atoms with E-state index in [1.807, 2.05) is 33.8 Å². The Morgan fingerprint density at radius 2 is 1.93 bits per heavy atom.